The Hall–Kier alpha value is -0.970. The summed E-state index contributed by atoms with van der Waals surface area (Å²) in [5, 5.41) is 9.31. The van der Waals surface area contributed by atoms with Crippen LogP contribution in [0.1, 0.15) is 12.0 Å². The van der Waals surface area contributed by atoms with Crippen molar-refractivity contribution in [2.24, 2.45) is 11.7 Å². The molecule has 4 atom stereocenters. The van der Waals surface area contributed by atoms with Gasteiger partial charge in [-0.3, -0.25) is 4.90 Å². The molecule has 3 N–H and O–H groups in total. The lowest BCUT2D eigenvalue weighted by atomic mass is 10.0. The fraction of sp³-hybridized carbons (Fsp3) is 0.571. The van der Waals surface area contributed by atoms with Crippen molar-refractivity contribution in [2.45, 2.75) is 30.7 Å². The first-order valence-electron chi connectivity index (χ1n) is 6.48. The SMILES string of the molecule is N[C@@H]1[C@@H](F)CN(Cc2ccccc2)C12CC2CO. The van der Waals surface area contributed by atoms with Crippen LogP contribution in [-0.2, 0) is 6.54 Å². The van der Waals surface area contributed by atoms with E-state index in [1.165, 1.54) is 5.56 Å². The highest BCUT2D eigenvalue weighted by molar-refractivity contribution is 5.25. The lowest BCUT2D eigenvalue weighted by molar-refractivity contribution is 0.169. The Labute approximate surface area is 106 Å². The van der Waals surface area contributed by atoms with Gasteiger partial charge in [-0.15, -0.1) is 0 Å². The summed E-state index contributed by atoms with van der Waals surface area (Å²) < 4.78 is 13.9. The fourth-order valence-electron chi connectivity index (χ4n) is 3.39. The number of nitrogens with zero attached hydrogens (tertiary/aromatic N) is 1. The predicted octanol–water partition coefficient (Wildman–Crippen LogP) is 0.919. The van der Waals surface area contributed by atoms with Crippen LogP contribution >= 0.6 is 0 Å². The molecule has 1 saturated heterocycles. The maximum atomic E-state index is 13.9. The van der Waals surface area contributed by atoms with Crippen LogP contribution in [0.2, 0.25) is 0 Å². The molecule has 3 nitrogen and oxygen atoms in total. The molecule has 1 spiro atoms. The average Bonchev–Trinajstić information content (AvgIpc) is 3.08. The summed E-state index contributed by atoms with van der Waals surface area (Å²) in [4.78, 5) is 2.12. The average molecular weight is 250 g/mol. The molecule has 0 bridgehead atoms. The molecular formula is C14H19FN2O. The minimum atomic E-state index is -0.981. The Morgan fingerprint density at radius 3 is 2.72 bits per heavy atom. The van der Waals surface area contributed by atoms with E-state index in [1.807, 2.05) is 30.3 Å². The standard InChI is InChI=1S/C14H19FN2O/c15-12-8-17(7-10-4-2-1-3-5-10)14(13(12)16)6-11(14)9-18/h1-5,11-13,18H,6-9,16H2/t11?,12-,13+,14?/m0/s1. The maximum Gasteiger partial charge on any atom is 0.130 e. The van der Waals surface area contributed by atoms with E-state index in [0.717, 1.165) is 6.42 Å². The zero-order valence-corrected chi connectivity index (χ0v) is 10.3. The van der Waals surface area contributed by atoms with Crippen molar-refractivity contribution in [2.75, 3.05) is 13.2 Å². The van der Waals surface area contributed by atoms with Gasteiger partial charge in [0.25, 0.3) is 0 Å². The normalized spacial score (nSPS) is 39.4. The van der Waals surface area contributed by atoms with Crippen molar-refractivity contribution in [1.29, 1.82) is 0 Å². The monoisotopic (exact) mass is 250 g/mol. The third-order valence-corrected chi connectivity index (χ3v) is 4.51. The van der Waals surface area contributed by atoms with E-state index in [1.54, 1.807) is 0 Å². The molecule has 1 aliphatic carbocycles. The van der Waals surface area contributed by atoms with E-state index in [4.69, 9.17) is 5.73 Å². The van der Waals surface area contributed by atoms with Crippen molar-refractivity contribution in [1.82, 2.24) is 4.90 Å². The molecule has 1 saturated carbocycles. The van der Waals surface area contributed by atoms with Crippen molar-refractivity contribution in [3.63, 3.8) is 0 Å². The first-order chi connectivity index (χ1) is 8.68. The largest absolute Gasteiger partial charge is 0.396 e. The molecule has 0 amide bonds. The Morgan fingerprint density at radius 1 is 1.39 bits per heavy atom. The van der Waals surface area contributed by atoms with E-state index in [-0.39, 0.29) is 18.1 Å². The molecular weight excluding hydrogens is 231 g/mol. The zero-order chi connectivity index (χ0) is 12.8. The van der Waals surface area contributed by atoms with Gasteiger partial charge in [0.05, 0.1) is 6.04 Å². The third kappa shape index (κ3) is 1.67. The molecule has 2 fully saturated rings. The number of halogens is 1. The Kier molecular flexibility index (Phi) is 2.88. The maximum absolute atomic E-state index is 13.9. The topological polar surface area (TPSA) is 49.5 Å². The van der Waals surface area contributed by atoms with Crippen LogP contribution in [0, 0.1) is 5.92 Å². The molecule has 1 aliphatic heterocycles. The minimum Gasteiger partial charge on any atom is -0.396 e. The molecule has 98 valence electrons. The van der Waals surface area contributed by atoms with Crippen molar-refractivity contribution in [3.8, 4) is 0 Å². The number of hydrogen-bond donors (Lipinski definition) is 2. The van der Waals surface area contributed by atoms with E-state index in [0.29, 0.717) is 13.1 Å². The van der Waals surface area contributed by atoms with Crippen molar-refractivity contribution >= 4 is 0 Å². The Balaban J connectivity index is 1.80. The molecule has 0 radical (unpaired) electrons. The van der Waals surface area contributed by atoms with Gasteiger partial charge in [0.15, 0.2) is 0 Å². The summed E-state index contributed by atoms with van der Waals surface area (Å²) in [6.45, 7) is 1.20. The molecule has 1 aromatic carbocycles. The van der Waals surface area contributed by atoms with Gasteiger partial charge >= 0.3 is 0 Å². The third-order valence-electron chi connectivity index (χ3n) is 4.51. The van der Waals surface area contributed by atoms with Crippen LogP contribution in [-0.4, -0.2) is 40.9 Å². The Bertz CT molecular complexity index is 427. The minimum absolute atomic E-state index is 0.103. The molecule has 1 heterocycles. The van der Waals surface area contributed by atoms with Gasteiger partial charge in [-0.1, -0.05) is 30.3 Å². The number of benzene rings is 1. The number of nitrogens with two attached hydrogens (primary N) is 1. The predicted molar refractivity (Wildman–Crippen MR) is 67.6 cm³/mol. The summed E-state index contributed by atoms with van der Waals surface area (Å²) in [6, 6.07) is 9.57. The first-order valence-corrected chi connectivity index (χ1v) is 6.48. The highest BCUT2D eigenvalue weighted by Gasteiger charge is 2.66. The number of rotatable bonds is 3. The lowest BCUT2D eigenvalue weighted by Crippen LogP contribution is -2.45. The molecule has 2 unspecified atom stereocenters. The van der Waals surface area contributed by atoms with Crippen LogP contribution in [0.25, 0.3) is 0 Å². The van der Waals surface area contributed by atoms with Crippen LogP contribution in [0.3, 0.4) is 0 Å². The smallest absolute Gasteiger partial charge is 0.130 e. The number of alkyl halides is 1. The fourth-order valence-corrected chi connectivity index (χ4v) is 3.39. The molecule has 18 heavy (non-hydrogen) atoms. The zero-order valence-electron chi connectivity index (χ0n) is 10.3. The molecule has 2 aliphatic rings. The van der Waals surface area contributed by atoms with E-state index >= 15 is 0 Å². The summed E-state index contributed by atoms with van der Waals surface area (Å²) >= 11 is 0. The Morgan fingerprint density at radius 2 is 2.11 bits per heavy atom. The summed E-state index contributed by atoms with van der Waals surface area (Å²) in [7, 11) is 0. The number of hydrogen-bond acceptors (Lipinski definition) is 3. The summed E-state index contributed by atoms with van der Waals surface area (Å²) in [6.07, 6.45) is -0.164. The molecule has 0 aromatic heterocycles. The summed E-state index contributed by atoms with van der Waals surface area (Å²) in [5.74, 6) is 0.136. The van der Waals surface area contributed by atoms with E-state index in [2.05, 4.69) is 4.90 Å². The number of aliphatic hydroxyl groups excluding tert-OH is 1. The van der Waals surface area contributed by atoms with Crippen molar-refractivity contribution in [3.05, 3.63) is 35.9 Å². The van der Waals surface area contributed by atoms with Gasteiger partial charge in [0, 0.05) is 31.2 Å². The first kappa shape index (κ1) is 12.1. The number of aliphatic hydroxyl groups is 1. The second-order valence-electron chi connectivity index (χ2n) is 5.48. The van der Waals surface area contributed by atoms with Crippen LogP contribution in [0.4, 0.5) is 4.39 Å². The molecule has 1 aromatic rings. The second kappa shape index (κ2) is 4.30. The molecule has 3 rings (SSSR count). The van der Waals surface area contributed by atoms with Crippen LogP contribution in [0.15, 0.2) is 30.3 Å². The highest BCUT2D eigenvalue weighted by Crippen LogP contribution is 2.55. The van der Waals surface area contributed by atoms with E-state index < -0.39 is 12.2 Å². The van der Waals surface area contributed by atoms with Crippen molar-refractivity contribution < 1.29 is 9.50 Å². The van der Waals surface area contributed by atoms with Gasteiger partial charge in [0.1, 0.15) is 6.17 Å². The van der Waals surface area contributed by atoms with Gasteiger partial charge in [-0.25, -0.2) is 4.39 Å². The molecule has 4 heteroatoms. The lowest BCUT2D eigenvalue weighted by Gasteiger charge is -2.27. The van der Waals surface area contributed by atoms with Gasteiger partial charge in [0.2, 0.25) is 0 Å². The summed E-state index contributed by atoms with van der Waals surface area (Å²) in [5.41, 5.74) is 6.87. The van der Waals surface area contributed by atoms with Crippen LogP contribution in [0.5, 0.6) is 0 Å². The highest BCUT2D eigenvalue weighted by atomic mass is 19.1. The van der Waals surface area contributed by atoms with E-state index in [9.17, 15) is 9.50 Å². The van der Waals surface area contributed by atoms with Gasteiger partial charge in [-0.2, -0.15) is 0 Å². The van der Waals surface area contributed by atoms with Gasteiger partial charge in [-0.05, 0) is 12.0 Å². The number of likely N-dealkylation sites (tertiary alicyclic amines) is 1. The quantitative estimate of drug-likeness (QED) is 0.838. The van der Waals surface area contributed by atoms with Gasteiger partial charge < -0.3 is 10.8 Å². The second-order valence-corrected chi connectivity index (χ2v) is 5.48. The van der Waals surface area contributed by atoms with Crippen LogP contribution < -0.4 is 5.73 Å².